The number of nitrogens with one attached hydrogen (secondary N) is 3. The van der Waals surface area contributed by atoms with Gasteiger partial charge in [-0.1, -0.05) is 0 Å². The number of alkyl halides is 1. The number of fused-ring (bicyclic) bond motifs is 1. The number of nitrogens with zero attached hydrogens (tertiary/aromatic N) is 6. The normalized spacial score (nSPS) is 17.5. The van der Waals surface area contributed by atoms with E-state index in [0.717, 1.165) is 35.6 Å². The number of carboxylic acid groups (broad SMARTS) is 1. The Morgan fingerprint density at radius 1 is 1.31 bits per heavy atom. The van der Waals surface area contributed by atoms with Crippen molar-refractivity contribution in [2.45, 2.75) is 37.9 Å². The van der Waals surface area contributed by atoms with Crippen LogP contribution in [0.1, 0.15) is 26.2 Å². The van der Waals surface area contributed by atoms with Crippen molar-refractivity contribution in [3.63, 3.8) is 0 Å². The van der Waals surface area contributed by atoms with Crippen LogP contribution in [0.15, 0.2) is 49.4 Å². The molecule has 1 aliphatic carbocycles. The maximum atomic E-state index is 11.8. The number of ether oxygens (including phenoxy) is 1. The Morgan fingerprint density at radius 2 is 2.11 bits per heavy atom. The lowest BCUT2D eigenvalue weighted by Crippen LogP contribution is -2.32. The van der Waals surface area contributed by atoms with Gasteiger partial charge in [0.2, 0.25) is 5.95 Å². The van der Waals surface area contributed by atoms with Gasteiger partial charge in [0.1, 0.15) is 24.0 Å². The van der Waals surface area contributed by atoms with Crippen LogP contribution in [-0.2, 0) is 4.74 Å². The smallest absolute Gasteiger partial charge is 0.405 e. The van der Waals surface area contributed by atoms with Gasteiger partial charge in [-0.15, -0.1) is 0 Å². The van der Waals surface area contributed by atoms with E-state index in [0.29, 0.717) is 25.6 Å². The van der Waals surface area contributed by atoms with E-state index in [1.807, 2.05) is 29.7 Å². The van der Waals surface area contributed by atoms with Gasteiger partial charge < -0.3 is 20.5 Å². The Labute approximate surface area is 200 Å². The van der Waals surface area contributed by atoms with E-state index < -0.39 is 12.3 Å². The quantitative estimate of drug-likeness (QED) is 0.342. The number of halogens is 1. The largest absolute Gasteiger partial charge is 0.465 e. The molecule has 1 aliphatic heterocycles. The molecule has 1 saturated carbocycles. The third kappa shape index (κ3) is 6.93. The molecule has 13 heteroatoms. The molecule has 0 radical (unpaired) electrons. The first-order chi connectivity index (χ1) is 16.9. The lowest BCUT2D eigenvalue weighted by molar-refractivity contribution is 0.173. The molecule has 12 nitrogen and oxygen atoms in total. The van der Waals surface area contributed by atoms with Crippen LogP contribution in [0.3, 0.4) is 0 Å². The Morgan fingerprint density at radius 3 is 2.66 bits per heavy atom. The van der Waals surface area contributed by atoms with Crippen molar-refractivity contribution in [2.75, 3.05) is 18.5 Å². The Kier molecular flexibility index (Phi) is 7.45. The highest BCUT2D eigenvalue weighted by Gasteiger charge is 2.38. The van der Waals surface area contributed by atoms with Crippen LogP contribution in [0.2, 0.25) is 0 Å². The molecule has 4 N–H and O–H groups in total. The zero-order valence-corrected chi connectivity index (χ0v) is 19.1. The highest BCUT2D eigenvalue weighted by molar-refractivity contribution is 5.66. The predicted molar refractivity (Wildman–Crippen MR) is 125 cm³/mol. The standard InChI is InChI=1S/C13H10N8.C5H9NO2.C4H7FO/c1-2-17-20-11(1)19-13-18-10(9-6-14-8-15-7-9)5-12-16-3-4-21(12)13;1-5(2-3-5)6-4(7)8;5-4-1-2-6-3-4/h1-8H,(H2,17,18,19,20);6H,2-3H2,1H3,(H,7,8);4H,1-3H2. The second-order valence-electron chi connectivity index (χ2n) is 8.29. The summed E-state index contributed by atoms with van der Waals surface area (Å²) in [7, 11) is 0. The summed E-state index contributed by atoms with van der Waals surface area (Å²) in [6.07, 6.45) is 11.1. The summed E-state index contributed by atoms with van der Waals surface area (Å²) in [5, 5.41) is 20.5. The summed E-state index contributed by atoms with van der Waals surface area (Å²) >= 11 is 0. The number of aromatic nitrogens is 7. The van der Waals surface area contributed by atoms with Gasteiger partial charge in [0.25, 0.3) is 0 Å². The molecule has 1 amide bonds. The SMILES string of the molecule is CC1(NC(=O)O)CC1.FC1CCOC1.c1ncc(-c2cc3nccn3c(Nc3ccn[nH]3)n2)cn1. The van der Waals surface area contributed by atoms with Crippen LogP contribution in [-0.4, -0.2) is 70.7 Å². The van der Waals surface area contributed by atoms with Gasteiger partial charge in [0, 0.05) is 61.1 Å². The molecular formula is C22H26FN9O3. The predicted octanol–water partition coefficient (Wildman–Crippen LogP) is 3.20. The average Bonchev–Trinajstić information content (AvgIpc) is 3.33. The van der Waals surface area contributed by atoms with Crippen LogP contribution < -0.4 is 10.6 Å². The minimum Gasteiger partial charge on any atom is -0.465 e. The van der Waals surface area contributed by atoms with Gasteiger partial charge in [0.05, 0.1) is 18.5 Å². The summed E-state index contributed by atoms with van der Waals surface area (Å²) in [5.41, 5.74) is 2.28. The lowest BCUT2D eigenvalue weighted by Gasteiger charge is -2.08. The molecule has 0 spiro atoms. The van der Waals surface area contributed by atoms with E-state index in [1.165, 1.54) is 6.33 Å². The molecule has 35 heavy (non-hydrogen) atoms. The molecule has 2 aliphatic rings. The van der Waals surface area contributed by atoms with Crippen molar-refractivity contribution in [3.05, 3.63) is 49.4 Å². The summed E-state index contributed by atoms with van der Waals surface area (Å²) < 4.78 is 18.3. The minimum atomic E-state index is -0.912. The van der Waals surface area contributed by atoms with E-state index in [4.69, 9.17) is 5.11 Å². The first-order valence-corrected chi connectivity index (χ1v) is 11.0. The summed E-state index contributed by atoms with van der Waals surface area (Å²) in [6.45, 7) is 2.84. The van der Waals surface area contributed by atoms with Gasteiger partial charge in [-0.3, -0.25) is 9.50 Å². The second kappa shape index (κ2) is 10.9. The number of rotatable bonds is 4. The summed E-state index contributed by atoms with van der Waals surface area (Å²) in [6, 6.07) is 3.71. The Balaban J connectivity index is 0.000000169. The highest BCUT2D eigenvalue weighted by atomic mass is 19.1. The fraction of sp³-hybridized carbons (Fsp3) is 0.364. The minimum absolute atomic E-state index is 0.0775. The molecule has 1 unspecified atom stereocenters. The molecule has 1 atom stereocenters. The van der Waals surface area contributed by atoms with Crippen molar-refractivity contribution in [1.29, 1.82) is 0 Å². The van der Waals surface area contributed by atoms with E-state index >= 15 is 0 Å². The summed E-state index contributed by atoms with van der Waals surface area (Å²) in [5.74, 6) is 1.38. The van der Waals surface area contributed by atoms with E-state index in [-0.39, 0.29) is 5.54 Å². The fourth-order valence-corrected chi connectivity index (χ4v) is 3.11. The van der Waals surface area contributed by atoms with Crippen molar-refractivity contribution in [2.24, 2.45) is 0 Å². The summed E-state index contributed by atoms with van der Waals surface area (Å²) in [4.78, 5) is 26.9. The zero-order chi connectivity index (χ0) is 24.7. The third-order valence-corrected chi connectivity index (χ3v) is 5.28. The van der Waals surface area contributed by atoms with Crippen LogP contribution in [0.4, 0.5) is 21.0 Å². The molecule has 4 aromatic rings. The van der Waals surface area contributed by atoms with Crippen LogP contribution in [0, 0.1) is 0 Å². The number of aromatic amines is 1. The first-order valence-electron chi connectivity index (χ1n) is 11.0. The van der Waals surface area contributed by atoms with Crippen molar-refractivity contribution >= 4 is 23.5 Å². The maximum Gasteiger partial charge on any atom is 0.405 e. The monoisotopic (exact) mass is 483 g/mol. The molecule has 6 rings (SSSR count). The number of carbonyl (C=O) groups is 1. The molecule has 4 aromatic heterocycles. The Hall–Kier alpha value is -4.13. The lowest BCUT2D eigenvalue weighted by atomic mass is 10.2. The zero-order valence-electron chi connectivity index (χ0n) is 19.1. The second-order valence-corrected chi connectivity index (χ2v) is 8.29. The number of hydrogen-bond acceptors (Lipinski definition) is 8. The maximum absolute atomic E-state index is 11.8. The van der Waals surface area contributed by atoms with Crippen LogP contribution >= 0.6 is 0 Å². The number of anilines is 2. The van der Waals surface area contributed by atoms with Gasteiger partial charge >= 0.3 is 6.09 Å². The van der Waals surface area contributed by atoms with Crippen LogP contribution in [0.25, 0.3) is 16.9 Å². The van der Waals surface area contributed by atoms with Gasteiger partial charge in [-0.05, 0) is 19.8 Å². The molecule has 0 aromatic carbocycles. The Bertz CT molecular complexity index is 1220. The fourth-order valence-electron chi connectivity index (χ4n) is 3.11. The number of imidazole rings is 1. The molecule has 5 heterocycles. The van der Waals surface area contributed by atoms with Crippen molar-refractivity contribution in [3.8, 4) is 11.3 Å². The van der Waals surface area contributed by atoms with Gasteiger partial charge in [0.15, 0.2) is 0 Å². The molecular weight excluding hydrogens is 457 g/mol. The molecule has 0 bridgehead atoms. The van der Waals surface area contributed by atoms with Crippen molar-refractivity contribution in [1.82, 2.24) is 39.9 Å². The first kappa shape index (κ1) is 24.0. The third-order valence-electron chi connectivity index (χ3n) is 5.28. The van der Waals surface area contributed by atoms with Crippen molar-refractivity contribution < 1.29 is 19.0 Å². The molecule has 1 saturated heterocycles. The van der Waals surface area contributed by atoms with E-state index in [2.05, 4.69) is 45.5 Å². The van der Waals surface area contributed by atoms with Crippen LogP contribution in [0.5, 0.6) is 0 Å². The number of hydrogen-bond donors (Lipinski definition) is 4. The highest BCUT2D eigenvalue weighted by Crippen LogP contribution is 2.33. The van der Waals surface area contributed by atoms with E-state index in [1.54, 1.807) is 24.8 Å². The number of amides is 1. The topological polar surface area (TPSA) is 155 Å². The number of H-pyrrole nitrogens is 1. The van der Waals surface area contributed by atoms with E-state index in [9.17, 15) is 9.18 Å². The van der Waals surface area contributed by atoms with Gasteiger partial charge in [-0.2, -0.15) is 5.10 Å². The average molecular weight is 484 g/mol. The molecule has 184 valence electrons. The van der Waals surface area contributed by atoms with Gasteiger partial charge in [-0.25, -0.2) is 29.1 Å². The molecule has 2 fully saturated rings.